The average Bonchev–Trinajstić information content (AvgIpc) is 2.96. The van der Waals surface area contributed by atoms with Crippen molar-refractivity contribution in [3.63, 3.8) is 0 Å². The number of aromatic amines is 1. The van der Waals surface area contributed by atoms with Crippen molar-refractivity contribution in [1.82, 2.24) is 15.5 Å². The van der Waals surface area contributed by atoms with Gasteiger partial charge in [-0.15, -0.1) is 0 Å². The third-order valence-corrected chi connectivity index (χ3v) is 3.40. The average molecular weight is 271 g/mol. The summed E-state index contributed by atoms with van der Waals surface area (Å²) in [5.41, 5.74) is 2.07. The Balaban J connectivity index is 1.59. The summed E-state index contributed by atoms with van der Waals surface area (Å²) >= 11 is 0. The largest absolute Gasteiger partial charge is 0.454 e. The SMILES string of the molecule is O=C(NC1CC1)c1cc(-c2ccc3c(c2)OCO3)n[nH]1. The van der Waals surface area contributed by atoms with Crippen molar-refractivity contribution < 1.29 is 14.3 Å². The Morgan fingerprint density at radius 3 is 2.95 bits per heavy atom. The minimum atomic E-state index is -0.105. The van der Waals surface area contributed by atoms with Crippen LogP contribution >= 0.6 is 0 Å². The number of nitrogens with zero attached hydrogens (tertiary/aromatic N) is 1. The van der Waals surface area contributed by atoms with E-state index in [0.29, 0.717) is 23.2 Å². The van der Waals surface area contributed by atoms with Crippen LogP contribution in [-0.2, 0) is 0 Å². The number of H-pyrrole nitrogens is 1. The first-order valence-corrected chi connectivity index (χ1v) is 6.56. The van der Waals surface area contributed by atoms with Gasteiger partial charge in [0.15, 0.2) is 11.5 Å². The molecule has 1 saturated carbocycles. The van der Waals surface area contributed by atoms with E-state index in [1.807, 2.05) is 18.2 Å². The summed E-state index contributed by atoms with van der Waals surface area (Å²) in [6.45, 7) is 0.244. The van der Waals surface area contributed by atoms with Crippen molar-refractivity contribution in [2.24, 2.45) is 0 Å². The van der Waals surface area contributed by atoms with Crippen molar-refractivity contribution in [1.29, 1.82) is 0 Å². The minimum absolute atomic E-state index is 0.105. The van der Waals surface area contributed by atoms with Crippen LogP contribution in [-0.4, -0.2) is 28.9 Å². The van der Waals surface area contributed by atoms with E-state index in [1.54, 1.807) is 6.07 Å². The maximum absolute atomic E-state index is 11.9. The van der Waals surface area contributed by atoms with E-state index in [4.69, 9.17) is 9.47 Å². The smallest absolute Gasteiger partial charge is 0.269 e. The molecule has 1 amide bonds. The molecule has 0 radical (unpaired) electrons. The fourth-order valence-corrected chi connectivity index (χ4v) is 2.13. The second kappa shape index (κ2) is 4.26. The van der Waals surface area contributed by atoms with Gasteiger partial charge in [-0.2, -0.15) is 5.10 Å². The quantitative estimate of drug-likeness (QED) is 0.890. The highest BCUT2D eigenvalue weighted by molar-refractivity contribution is 5.93. The molecule has 6 nitrogen and oxygen atoms in total. The van der Waals surface area contributed by atoms with E-state index in [-0.39, 0.29) is 12.7 Å². The number of ether oxygens (including phenoxy) is 2. The van der Waals surface area contributed by atoms with E-state index in [0.717, 1.165) is 24.2 Å². The highest BCUT2D eigenvalue weighted by atomic mass is 16.7. The molecule has 0 atom stereocenters. The molecule has 1 fully saturated rings. The molecule has 2 aromatic rings. The topological polar surface area (TPSA) is 76.2 Å². The van der Waals surface area contributed by atoms with Crippen LogP contribution in [0.25, 0.3) is 11.3 Å². The monoisotopic (exact) mass is 271 g/mol. The number of amides is 1. The second-order valence-corrected chi connectivity index (χ2v) is 4.98. The van der Waals surface area contributed by atoms with Gasteiger partial charge < -0.3 is 14.8 Å². The van der Waals surface area contributed by atoms with E-state index < -0.39 is 0 Å². The third kappa shape index (κ3) is 1.99. The van der Waals surface area contributed by atoms with Crippen molar-refractivity contribution in [2.75, 3.05) is 6.79 Å². The Labute approximate surface area is 115 Å². The molecule has 2 N–H and O–H groups in total. The number of carbonyl (C=O) groups is 1. The van der Waals surface area contributed by atoms with Gasteiger partial charge >= 0.3 is 0 Å². The van der Waals surface area contributed by atoms with E-state index in [9.17, 15) is 4.79 Å². The number of hydrogen-bond donors (Lipinski definition) is 2. The molecule has 4 rings (SSSR count). The van der Waals surface area contributed by atoms with E-state index >= 15 is 0 Å². The molecule has 6 heteroatoms. The molecular formula is C14H13N3O3. The summed E-state index contributed by atoms with van der Waals surface area (Å²) in [5, 5.41) is 9.87. The molecular weight excluding hydrogens is 258 g/mol. The summed E-state index contributed by atoms with van der Waals surface area (Å²) in [4.78, 5) is 11.9. The fourth-order valence-electron chi connectivity index (χ4n) is 2.13. The summed E-state index contributed by atoms with van der Waals surface area (Å²) in [6.07, 6.45) is 2.13. The molecule has 20 heavy (non-hydrogen) atoms. The molecule has 2 aliphatic rings. The van der Waals surface area contributed by atoms with Gasteiger partial charge in [-0.3, -0.25) is 9.89 Å². The van der Waals surface area contributed by atoms with Gasteiger partial charge in [0, 0.05) is 11.6 Å². The summed E-state index contributed by atoms with van der Waals surface area (Å²) in [6, 6.07) is 7.68. The number of nitrogens with one attached hydrogen (secondary N) is 2. The first-order valence-electron chi connectivity index (χ1n) is 6.56. The van der Waals surface area contributed by atoms with Crippen LogP contribution < -0.4 is 14.8 Å². The van der Waals surface area contributed by atoms with Crippen LogP contribution in [0.4, 0.5) is 0 Å². The van der Waals surface area contributed by atoms with Gasteiger partial charge in [0.2, 0.25) is 6.79 Å². The Bertz CT molecular complexity index is 676. The number of aromatic nitrogens is 2. The normalized spacial score (nSPS) is 16.2. The zero-order chi connectivity index (χ0) is 13.5. The van der Waals surface area contributed by atoms with Crippen LogP contribution in [0, 0.1) is 0 Å². The van der Waals surface area contributed by atoms with Gasteiger partial charge in [-0.05, 0) is 37.1 Å². The number of fused-ring (bicyclic) bond motifs is 1. The fraction of sp³-hybridized carbons (Fsp3) is 0.286. The Kier molecular flexibility index (Phi) is 2.42. The van der Waals surface area contributed by atoms with Crippen LogP contribution in [0.15, 0.2) is 24.3 Å². The Morgan fingerprint density at radius 1 is 1.25 bits per heavy atom. The standard InChI is InChI=1S/C14H13N3O3/c18-14(15-9-2-3-9)11-6-10(16-17-11)8-1-4-12-13(5-8)20-7-19-12/h1,4-6,9H,2-3,7H2,(H,15,18)(H,16,17). The number of benzene rings is 1. The van der Waals surface area contributed by atoms with Crippen LogP contribution in [0.5, 0.6) is 11.5 Å². The van der Waals surface area contributed by atoms with Gasteiger partial charge in [-0.25, -0.2) is 0 Å². The maximum atomic E-state index is 11.9. The van der Waals surface area contributed by atoms with Crippen LogP contribution in [0.2, 0.25) is 0 Å². The highest BCUT2D eigenvalue weighted by Crippen LogP contribution is 2.35. The van der Waals surface area contributed by atoms with Crippen LogP contribution in [0.1, 0.15) is 23.3 Å². The first kappa shape index (κ1) is 11.3. The lowest BCUT2D eigenvalue weighted by Gasteiger charge is -1.99. The maximum Gasteiger partial charge on any atom is 0.269 e. The molecule has 0 bridgehead atoms. The predicted octanol–water partition coefficient (Wildman–Crippen LogP) is 1.70. The van der Waals surface area contributed by atoms with Crippen molar-refractivity contribution in [3.8, 4) is 22.8 Å². The number of hydrogen-bond acceptors (Lipinski definition) is 4. The molecule has 0 unspecified atom stereocenters. The van der Waals surface area contributed by atoms with Gasteiger partial charge in [0.25, 0.3) is 5.91 Å². The highest BCUT2D eigenvalue weighted by Gasteiger charge is 2.24. The third-order valence-electron chi connectivity index (χ3n) is 3.40. The molecule has 102 valence electrons. The molecule has 1 aliphatic heterocycles. The van der Waals surface area contributed by atoms with Gasteiger partial charge in [-0.1, -0.05) is 0 Å². The molecule has 2 heterocycles. The summed E-state index contributed by atoms with van der Waals surface area (Å²) in [7, 11) is 0. The van der Waals surface area contributed by atoms with Gasteiger partial charge in [0.1, 0.15) is 5.69 Å². The lowest BCUT2D eigenvalue weighted by atomic mass is 10.1. The minimum Gasteiger partial charge on any atom is -0.454 e. The molecule has 0 spiro atoms. The molecule has 1 aromatic heterocycles. The van der Waals surface area contributed by atoms with E-state index in [2.05, 4.69) is 15.5 Å². The predicted molar refractivity (Wildman–Crippen MR) is 70.6 cm³/mol. The molecule has 0 saturated heterocycles. The lowest BCUT2D eigenvalue weighted by molar-refractivity contribution is 0.0946. The molecule has 1 aliphatic carbocycles. The van der Waals surface area contributed by atoms with Crippen LogP contribution in [0.3, 0.4) is 0 Å². The van der Waals surface area contributed by atoms with Gasteiger partial charge in [0.05, 0.1) is 5.69 Å². The summed E-state index contributed by atoms with van der Waals surface area (Å²) < 4.78 is 10.6. The first-order chi connectivity index (χ1) is 9.79. The zero-order valence-corrected chi connectivity index (χ0v) is 10.7. The molecule has 1 aromatic carbocycles. The zero-order valence-electron chi connectivity index (χ0n) is 10.7. The van der Waals surface area contributed by atoms with Crippen molar-refractivity contribution >= 4 is 5.91 Å². The summed E-state index contributed by atoms with van der Waals surface area (Å²) in [5.74, 6) is 1.33. The lowest BCUT2D eigenvalue weighted by Crippen LogP contribution is -2.25. The van der Waals surface area contributed by atoms with Crippen molar-refractivity contribution in [3.05, 3.63) is 30.0 Å². The van der Waals surface area contributed by atoms with E-state index in [1.165, 1.54) is 0 Å². The Morgan fingerprint density at radius 2 is 2.10 bits per heavy atom. The van der Waals surface area contributed by atoms with Crippen molar-refractivity contribution in [2.45, 2.75) is 18.9 Å². The number of rotatable bonds is 3. The number of carbonyl (C=O) groups excluding carboxylic acids is 1. The second-order valence-electron chi connectivity index (χ2n) is 4.98. The Hall–Kier alpha value is -2.50.